The van der Waals surface area contributed by atoms with Crippen molar-refractivity contribution in [2.75, 3.05) is 6.54 Å². The first-order valence-corrected chi connectivity index (χ1v) is 8.20. The Morgan fingerprint density at radius 2 is 2.23 bits per heavy atom. The summed E-state index contributed by atoms with van der Waals surface area (Å²) in [7, 11) is 0. The van der Waals surface area contributed by atoms with Gasteiger partial charge < -0.3 is 15.2 Å². The van der Waals surface area contributed by atoms with Crippen LogP contribution in [-0.2, 0) is 13.8 Å². The van der Waals surface area contributed by atoms with Gasteiger partial charge >= 0.3 is 5.97 Å². The van der Waals surface area contributed by atoms with Crippen LogP contribution in [0.2, 0.25) is 0 Å². The summed E-state index contributed by atoms with van der Waals surface area (Å²) in [5, 5.41) is 3.32. The Morgan fingerprint density at radius 3 is 2.86 bits per heavy atom. The highest BCUT2D eigenvalue weighted by molar-refractivity contribution is 7.95. The Labute approximate surface area is 135 Å². The molecule has 0 radical (unpaired) electrons. The van der Waals surface area contributed by atoms with Gasteiger partial charge in [-0.05, 0) is 44.4 Å². The Balaban J connectivity index is 2.51. The first-order chi connectivity index (χ1) is 10.7. The molecule has 0 aliphatic carbocycles. The highest BCUT2D eigenvalue weighted by Crippen LogP contribution is 2.17. The first-order valence-electron chi connectivity index (χ1n) is 7.46. The molecular weight excluding hydrogens is 302 g/mol. The third-order valence-electron chi connectivity index (χ3n) is 2.89. The molecule has 0 spiro atoms. The lowest BCUT2D eigenvalue weighted by Crippen LogP contribution is -2.41. The number of hydrogen-bond acceptors (Lipinski definition) is 6. The van der Waals surface area contributed by atoms with Crippen molar-refractivity contribution in [3.63, 3.8) is 0 Å². The van der Waals surface area contributed by atoms with Crippen molar-refractivity contribution in [3.8, 4) is 0 Å². The summed E-state index contributed by atoms with van der Waals surface area (Å²) in [4.78, 5) is 27.9. The van der Waals surface area contributed by atoms with Crippen molar-refractivity contribution in [1.82, 2.24) is 10.3 Å². The minimum atomic E-state index is -0.637. The molecule has 1 heterocycles. The van der Waals surface area contributed by atoms with Gasteiger partial charge in [-0.2, -0.15) is 0 Å². The van der Waals surface area contributed by atoms with Crippen LogP contribution in [0, 0.1) is 0 Å². The van der Waals surface area contributed by atoms with E-state index >= 15 is 0 Å². The minimum absolute atomic E-state index is 0.139. The molecule has 0 saturated heterocycles. The predicted octanol–water partition coefficient (Wildman–Crippen LogP) is 2.05. The molecule has 1 unspecified atom stereocenters. The highest BCUT2D eigenvalue weighted by Gasteiger charge is 2.22. The Hall–Kier alpha value is -1.60. The summed E-state index contributed by atoms with van der Waals surface area (Å²) in [6.07, 6.45) is 4.84. The lowest BCUT2D eigenvalue weighted by molar-refractivity contribution is -0.138. The molecule has 0 bridgehead atoms. The molecular formula is C15H23N3O3S. The van der Waals surface area contributed by atoms with E-state index in [4.69, 9.17) is 9.92 Å². The average molecular weight is 325 g/mol. The second-order valence-corrected chi connectivity index (χ2v) is 5.56. The zero-order valence-electron chi connectivity index (χ0n) is 12.8. The highest BCUT2D eigenvalue weighted by atomic mass is 32.2. The van der Waals surface area contributed by atoms with Gasteiger partial charge in [-0.1, -0.05) is 13.0 Å². The van der Waals surface area contributed by atoms with Crippen LogP contribution >= 0.6 is 12.0 Å². The molecule has 122 valence electrons. The van der Waals surface area contributed by atoms with Gasteiger partial charge in [0.1, 0.15) is 23.1 Å². The van der Waals surface area contributed by atoms with Crippen LogP contribution in [0.3, 0.4) is 0 Å². The van der Waals surface area contributed by atoms with Crippen LogP contribution in [0.15, 0.2) is 29.4 Å². The van der Waals surface area contributed by atoms with Crippen LogP contribution in [0.4, 0.5) is 0 Å². The number of unbranched alkanes of at least 4 members (excludes halogenated alkanes) is 1. The molecule has 3 N–H and O–H groups in total. The molecule has 1 atom stereocenters. The van der Waals surface area contributed by atoms with Crippen molar-refractivity contribution < 1.29 is 13.8 Å². The zero-order chi connectivity index (χ0) is 16.2. The molecule has 22 heavy (non-hydrogen) atoms. The van der Waals surface area contributed by atoms with E-state index in [9.17, 15) is 9.59 Å². The second kappa shape index (κ2) is 11.0. The van der Waals surface area contributed by atoms with E-state index < -0.39 is 12.0 Å². The first kappa shape index (κ1) is 18.4. The quantitative estimate of drug-likeness (QED) is 0.505. The molecule has 1 rings (SSSR count). The SMILES string of the molecule is CCCC(=O)NC(CCCCN)C(=O)OSc1ccccn1. The molecule has 0 fully saturated rings. The lowest BCUT2D eigenvalue weighted by Gasteiger charge is -2.16. The van der Waals surface area contributed by atoms with Gasteiger partial charge in [-0.25, -0.2) is 9.78 Å². The fourth-order valence-corrected chi connectivity index (χ4v) is 2.30. The molecule has 7 heteroatoms. The maximum Gasteiger partial charge on any atom is 0.341 e. The van der Waals surface area contributed by atoms with Crippen molar-refractivity contribution in [1.29, 1.82) is 0 Å². The van der Waals surface area contributed by atoms with Gasteiger partial charge in [-0.3, -0.25) is 4.79 Å². The summed E-state index contributed by atoms with van der Waals surface area (Å²) < 4.78 is 5.17. The summed E-state index contributed by atoms with van der Waals surface area (Å²) in [5.74, 6) is -0.600. The standard InChI is InChI=1S/C15H23N3O3S/c1-2-7-13(19)18-12(8-3-5-10-16)15(20)21-22-14-9-4-6-11-17-14/h4,6,9,11-12H,2-3,5,7-8,10,16H2,1H3,(H,18,19). The fraction of sp³-hybridized carbons (Fsp3) is 0.533. The number of amides is 1. The summed E-state index contributed by atoms with van der Waals surface area (Å²) in [6, 6.07) is 4.70. The molecule has 0 aromatic carbocycles. The summed E-state index contributed by atoms with van der Waals surface area (Å²) in [6.45, 7) is 2.48. The van der Waals surface area contributed by atoms with Crippen LogP contribution in [0.5, 0.6) is 0 Å². The van der Waals surface area contributed by atoms with Crippen LogP contribution < -0.4 is 11.1 Å². The molecule has 1 aromatic rings. The Kier molecular flexibility index (Phi) is 9.25. The smallest absolute Gasteiger partial charge is 0.341 e. The lowest BCUT2D eigenvalue weighted by atomic mass is 10.1. The Morgan fingerprint density at radius 1 is 1.41 bits per heavy atom. The van der Waals surface area contributed by atoms with Crippen molar-refractivity contribution >= 4 is 23.9 Å². The number of carbonyl (C=O) groups is 2. The number of nitrogens with two attached hydrogens (primary N) is 1. The molecule has 6 nitrogen and oxygen atoms in total. The summed E-state index contributed by atoms with van der Waals surface area (Å²) >= 11 is 0.900. The number of nitrogens with zero attached hydrogens (tertiary/aromatic N) is 1. The number of carbonyl (C=O) groups excluding carboxylic acids is 2. The van der Waals surface area contributed by atoms with E-state index in [1.807, 2.05) is 13.0 Å². The van der Waals surface area contributed by atoms with Crippen LogP contribution in [0.25, 0.3) is 0 Å². The number of rotatable bonds is 10. The van der Waals surface area contributed by atoms with E-state index in [1.165, 1.54) is 0 Å². The van der Waals surface area contributed by atoms with Gasteiger partial charge in [0.2, 0.25) is 5.91 Å². The van der Waals surface area contributed by atoms with Crippen molar-refractivity contribution in [2.24, 2.45) is 5.73 Å². The maximum atomic E-state index is 12.1. The largest absolute Gasteiger partial charge is 0.383 e. The zero-order valence-corrected chi connectivity index (χ0v) is 13.6. The van der Waals surface area contributed by atoms with E-state index in [0.29, 0.717) is 24.4 Å². The van der Waals surface area contributed by atoms with Gasteiger partial charge in [0, 0.05) is 12.6 Å². The maximum absolute atomic E-state index is 12.1. The number of nitrogens with one attached hydrogen (secondary N) is 1. The monoisotopic (exact) mass is 325 g/mol. The number of hydrogen-bond donors (Lipinski definition) is 2. The van der Waals surface area contributed by atoms with Crippen molar-refractivity contribution in [3.05, 3.63) is 24.4 Å². The number of aromatic nitrogens is 1. The molecule has 0 aliphatic heterocycles. The van der Waals surface area contributed by atoms with E-state index in [1.54, 1.807) is 18.3 Å². The second-order valence-electron chi connectivity index (χ2n) is 4.81. The van der Waals surface area contributed by atoms with Crippen molar-refractivity contribution in [2.45, 2.75) is 50.1 Å². The third-order valence-corrected chi connectivity index (χ3v) is 3.55. The molecule has 0 aliphatic rings. The van der Waals surface area contributed by atoms with Crippen LogP contribution in [0.1, 0.15) is 39.0 Å². The molecule has 0 saturated carbocycles. The molecule has 1 aromatic heterocycles. The van der Waals surface area contributed by atoms with E-state index in [2.05, 4.69) is 10.3 Å². The normalized spacial score (nSPS) is 11.7. The van der Waals surface area contributed by atoms with Gasteiger partial charge in [-0.15, -0.1) is 0 Å². The topological polar surface area (TPSA) is 94.3 Å². The minimum Gasteiger partial charge on any atom is -0.383 e. The van der Waals surface area contributed by atoms with Crippen LogP contribution in [-0.4, -0.2) is 29.4 Å². The number of pyridine rings is 1. The fourth-order valence-electron chi connectivity index (χ4n) is 1.77. The van der Waals surface area contributed by atoms with Gasteiger partial charge in [0.05, 0.1) is 0 Å². The van der Waals surface area contributed by atoms with Gasteiger partial charge in [0.25, 0.3) is 0 Å². The predicted molar refractivity (Wildman–Crippen MR) is 85.9 cm³/mol. The Bertz CT molecular complexity index is 457. The third kappa shape index (κ3) is 7.42. The van der Waals surface area contributed by atoms with Gasteiger partial charge in [0.15, 0.2) is 0 Å². The van der Waals surface area contributed by atoms with E-state index in [0.717, 1.165) is 31.3 Å². The average Bonchev–Trinajstić information content (AvgIpc) is 2.53. The summed E-state index contributed by atoms with van der Waals surface area (Å²) in [5.41, 5.74) is 5.46. The van der Waals surface area contributed by atoms with E-state index in [-0.39, 0.29) is 5.91 Å². The molecule has 1 amide bonds.